The van der Waals surface area contributed by atoms with E-state index in [1.807, 2.05) is 48.5 Å². The molecule has 2 aromatic carbocycles. The molecule has 0 unspecified atom stereocenters. The Kier molecular flexibility index (Phi) is 4.80. The summed E-state index contributed by atoms with van der Waals surface area (Å²) in [5.41, 5.74) is 3.81. The molecule has 0 aliphatic rings. The second kappa shape index (κ2) is 7.55. The van der Waals surface area contributed by atoms with E-state index < -0.39 is 0 Å². The van der Waals surface area contributed by atoms with Crippen LogP contribution in [0.1, 0.15) is 21.7 Å². The van der Waals surface area contributed by atoms with E-state index in [4.69, 9.17) is 4.74 Å². The summed E-state index contributed by atoms with van der Waals surface area (Å²) in [7, 11) is 1.75. The standard InChI is InChI=1S/C19H17N5O2S/c1-24(11-13-7-8-16-17(9-13)23-27-22-16)19(25)18-10-14(20-21-18)12-26-15-5-3-2-4-6-15/h2-10H,11-12H2,1H3,(H,20,21). The van der Waals surface area contributed by atoms with E-state index in [-0.39, 0.29) is 5.91 Å². The van der Waals surface area contributed by atoms with Gasteiger partial charge in [0.25, 0.3) is 5.91 Å². The molecule has 136 valence electrons. The average Bonchev–Trinajstić information content (AvgIpc) is 3.35. The van der Waals surface area contributed by atoms with Crippen molar-refractivity contribution in [2.45, 2.75) is 13.2 Å². The van der Waals surface area contributed by atoms with E-state index in [1.54, 1.807) is 18.0 Å². The van der Waals surface area contributed by atoms with Crippen LogP contribution in [0.15, 0.2) is 54.6 Å². The van der Waals surface area contributed by atoms with E-state index in [0.717, 1.165) is 28.0 Å². The van der Waals surface area contributed by atoms with Gasteiger partial charge in [-0.3, -0.25) is 9.89 Å². The number of hydrogen-bond donors (Lipinski definition) is 1. The molecule has 0 saturated heterocycles. The van der Waals surface area contributed by atoms with Gasteiger partial charge in [0.05, 0.1) is 17.4 Å². The molecule has 0 saturated carbocycles. The maximum Gasteiger partial charge on any atom is 0.274 e. The molecule has 4 rings (SSSR count). The van der Waals surface area contributed by atoms with Crippen molar-refractivity contribution in [1.29, 1.82) is 0 Å². The van der Waals surface area contributed by atoms with Crippen molar-refractivity contribution >= 4 is 28.7 Å². The van der Waals surface area contributed by atoms with Crippen molar-refractivity contribution in [2.75, 3.05) is 7.05 Å². The van der Waals surface area contributed by atoms with Crippen molar-refractivity contribution in [3.8, 4) is 5.75 Å². The number of fused-ring (bicyclic) bond motifs is 1. The first-order valence-electron chi connectivity index (χ1n) is 8.38. The Morgan fingerprint density at radius 2 is 1.93 bits per heavy atom. The van der Waals surface area contributed by atoms with Crippen molar-refractivity contribution in [3.05, 3.63) is 71.5 Å². The first-order chi connectivity index (χ1) is 13.2. The quantitative estimate of drug-likeness (QED) is 0.556. The van der Waals surface area contributed by atoms with Gasteiger partial charge in [-0.15, -0.1) is 0 Å². The van der Waals surface area contributed by atoms with Gasteiger partial charge in [-0.2, -0.15) is 13.8 Å². The number of nitrogens with one attached hydrogen (secondary N) is 1. The number of hydrogen-bond acceptors (Lipinski definition) is 6. The summed E-state index contributed by atoms with van der Waals surface area (Å²) in [6, 6.07) is 17.0. The number of carbonyl (C=O) groups excluding carboxylic acids is 1. The van der Waals surface area contributed by atoms with Gasteiger partial charge in [-0.05, 0) is 35.9 Å². The van der Waals surface area contributed by atoms with Gasteiger partial charge in [0.2, 0.25) is 0 Å². The van der Waals surface area contributed by atoms with Crippen LogP contribution in [0.3, 0.4) is 0 Å². The summed E-state index contributed by atoms with van der Waals surface area (Å²) >= 11 is 1.18. The highest BCUT2D eigenvalue weighted by molar-refractivity contribution is 7.00. The van der Waals surface area contributed by atoms with Gasteiger partial charge in [-0.25, -0.2) is 0 Å². The fraction of sp³-hybridized carbons (Fsp3) is 0.158. The van der Waals surface area contributed by atoms with Gasteiger partial charge in [0, 0.05) is 13.6 Å². The molecule has 0 aliphatic carbocycles. The fourth-order valence-corrected chi connectivity index (χ4v) is 3.21. The predicted octanol–water partition coefficient (Wildman–Crippen LogP) is 3.27. The third-order valence-corrected chi connectivity index (χ3v) is 4.63. The van der Waals surface area contributed by atoms with Crippen LogP contribution in [0.2, 0.25) is 0 Å². The molecule has 4 aromatic rings. The summed E-state index contributed by atoms with van der Waals surface area (Å²) in [5.74, 6) is 0.609. The zero-order valence-corrected chi connectivity index (χ0v) is 15.4. The highest BCUT2D eigenvalue weighted by Gasteiger charge is 2.16. The molecule has 0 bridgehead atoms. The highest BCUT2D eigenvalue weighted by atomic mass is 32.1. The highest BCUT2D eigenvalue weighted by Crippen LogP contribution is 2.16. The molecular weight excluding hydrogens is 362 g/mol. The molecule has 0 aliphatic heterocycles. The maximum absolute atomic E-state index is 12.6. The fourth-order valence-electron chi connectivity index (χ4n) is 2.69. The van der Waals surface area contributed by atoms with Crippen LogP contribution in [-0.4, -0.2) is 36.8 Å². The zero-order chi connectivity index (χ0) is 18.6. The molecule has 1 amide bonds. The minimum atomic E-state index is -0.159. The zero-order valence-electron chi connectivity index (χ0n) is 14.6. The molecule has 2 heterocycles. The Hall–Kier alpha value is -3.26. The molecule has 0 atom stereocenters. The van der Waals surface area contributed by atoms with Crippen molar-refractivity contribution in [1.82, 2.24) is 23.8 Å². The van der Waals surface area contributed by atoms with Gasteiger partial charge < -0.3 is 9.64 Å². The Balaban J connectivity index is 1.39. The first-order valence-corrected chi connectivity index (χ1v) is 9.11. The summed E-state index contributed by atoms with van der Waals surface area (Å²) < 4.78 is 14.1. The third kappa shape index (κ3) is 3.95. The number of para-hydroxylation sites is 1. The lowest BCUT2D eigenvalue weighted by atomic mass is 10.2. The number of aromatic nitrogens is 4. The van der Waals surface area contributed by atoms with E-state index >= 15 is 0 Å². The van der Waals surface area contributed by atoms with Crippen molar-refractivity contribution in [2.24, 2.45) is 0 Å². The lowest BCUT2D eigenvalue weighted by molar-refractivity contribution is 0.0779. The van der Waals surface area contributed by atoms with Gasteiger partial charge in [0.1, 0.15) is 23.4 Å². The second-order valence-corrected chi connectivity index (χ2v) is 6.66. The monoisotopic (exact) mass is 379 g/mol. The topological polar surface area (TPSA) is 84.0 Å². The molecule has 0 spiro atoms. The molecule has 0 radical (unpaired) electrons. The van der Waals surface area contributed by atoms with E-state index in [9.17, 15) is 4.79 Å². The SMILES string of the molecule is CN(Cc1ccc2nsnc2c1)C(=O)c1cc(COc2ccccc2)[nH]n1. The Morgan fingerprint density at radius 1 is 1.11 bits per heavy atom. The van der Waals surface area contributed by atoms with Gasteiger partial charge in [0.15, 0.2) is 5.69 Å². The largest absolute Gasteiger partial charge is 0.487 e. The molecule has 0 fully saturated rings. The molecule has 2 aromatic heterocycles. The Labute approximate surface area is 159 Å². The Morgan fingerprint density at radius 3 is 2.78 bits per heavy atom. The van der Waals surface area contributed by atoms with Crippen LogP contribution < -0.4 is 4.74 Å². The molecule has 8 heteroatoms. The van der Waals surface area contributed by atoms with Gasteiger partial charge >= 0.3 is 0 Å². The predicted molar refractivity (Wildman–Crippen MR) is 103 cm³/mol. The normalized spacial score (nSPS) is 10.9. The Bertz CT molecular complexity index is 1060. The number of amides is 1. The van der Waals surface area contributed by atoms with Crippen LogP contribution in [0.4, 0.5) is 0 Å². The molecule has 27 heavy (non-hydrogen) atoms. The number of aromatic amines is 1. The lowest BCUT2D eigenvalue weighted by Gasteiger charge is -2.15. The summed E-state index contributed by atoms with van der Waals surface area (Å²) in [6.07, 6.45) is 0. The van der Waals surface area contributed by atoms with Crippen LogP contribution in [0, 0.1) is 0 Å². The minimum Gasteiger partial charge on any atom is -0.487 e. The molecule has 1 N–H and O–H groups in total. The first kappa shape index (κ1) is 17.2. The molecule has 7 nitrogen and oxygen atoms in total. The number of rotatable bonds is 6. The second-order valence-electron chi connectivity index (χ2n) is 6.13. The van der Waals surface area contributed by atoms with Crippen LogP contribution in [-0.2, 0) is 13.2 Å². The smallest absolute Gasteiger partial charge is 0.274 e. The average molecular weight is 379 g/mol. The minimum absolute atomic E-state index is 0.159. The number of ether oxygens (including phenoxy) is 1. The van der Waals surface area contributed by atoms with E-state index in [0.29, 0.717) is 18.8 Å². The summed E-state index contributed by atoms with van der Waals surface area (Å²) in [4.78, 5) is 14.3. The summed E-state index contributed by atoms with van der Waals surface area (Å²) in [6.45, 7) is 0.788. The van der Waals surface area contributed by atoms with Crippen LogP contribution >= 0.6 is 11.7 Å². The van der Waals surface area contributed by atoms with Crippen molar-refractivity contribution < 1.29 is 9.53 Å². The van der Waals surface area contributed by atoms with Crippen LogP contribution in [0.5, 0.6) is 5.75 Å². The third-order valence-electron chi connectivity index (χ3n) is 4.07. The number of benzene rings is 2. The molecular formula is C19H17N5O2S. The number of carbonyl (C=O) groups is 1. The lowest BCUT2D eigenvalue weighted by Crippen LogP contribution is -2.26. The number of nitrogens with zero attached hydrogens (tertiary/aromatic N) is 4. The van der Waals surface area contributed by atoms with Crippen LogP contribution in [0.25, 0.3) is 11.0 Å². The maximum atomic E-state index is 12.6. The number of H-pyrrole nitrogens is 1. The van der Waals surface area contributed by atoms with E-state index in [2.05, 4.69) is 18.9 Å². The van der Waals surface area contributed by atoms with Gasteiger partial charge in [-0.1, -0.05) is 24.3 Å². The van der Waals surface area contributed by atoms with Crippen molar-refractivity contribution in [3.63, 3.8) is 0 Å². The summed E-state index contributed by atoms with van der Waals surface area (Å²) in [5, 5.41) is 6.97. The van der Waals surface area contributed by atoms with E-state index in [1.165, 1.54) is 11.7 Å².